The third-order valence-electron chi connectivity index (χ3n) is 2.76. The first kappa shape index (κ1) is 13.4. The lowest BCUT2D eigenvalue weighted by Gasteiger charge is -2.13. The van der Waals surface area contributed by atoms with Gasteiger partial charge in [-0.3, -0.25) is 0 Å². The summed E-state index contributed by atoms with van der Waals surface area (Å²) in [5.41, 5.74) is 3.76. The van der Waals surface area contributed by atoms with Crippen LogP contribution in [0.1, 0.15) is 5.56 Å². The van der Waals surface area contributed by atoms with Crippen molar-refractivity contribution in [3.05, 3.63) is 52.5 Å². The molecule has 2 rings (SSSR count). The van der Waals surface area contributed by atoms with Crippen LogP contribution in [0.5, 0.6) is 0 Å². The molecule has 0 atom stereocenters. The van der Waals surface area contributed by atoms with E-state index in [0.717, 1.165) is 21.5 Å². The second kappa shape index (κ2) is 5.77. The van der Waals surface area contributed by atoms with Crippen LogP contribution in [-0.2, 0) is 0 Å². The zero-order valence-electron chi connectivity index (χ0n) is 10.8. The summed E-state index contributed by atoms with van der Waals surface area (Å²) in [7, 11) is 4.03. The molecule has 96 valence electrons. The van der Waals surface area contributed by atoms with Crippen LogP contribution in [0.15, 0.2) is 46.9 Å². The summed E-state index contributed by atoms with van der Waals surface area (Å²) in [6.45, 7) is 0. The molecule has 0 aliphatic rings. The molecule has 3 nitrogen and oxygen atoms in total. The summed E-state index contributed by atoms with van der Waals surface area (Å²) in [4.78, 5) is 2.06. The lowest BCUT2D eigenvalue weighted by Crippen LogP contribution is -2.08. The Balaban J connectivity index is 2.17. The topological polar surface area (TPSA) is 39.1 Å². The highest BCUT2D eigenvalue weighted by Gasteiger charge is 2.01. The van der Waals surface area contributed by atoms with Gasteiger partial charge in [-0.15, -0.1) is 0 Å². The van der Waals surface area contributed by atoms with Crippen LogP contribution in [0.25, 0.3) is 0 Å². The maximum Gasteiger partial charge on any atom is 0.100 e. The van der Waals surface area contributed by atoms with E-state index >= 15 is 0 Å². The Hall–Kier alpha value is -1.99. The number of benzene rings is 2. The average molecular weight is 316 g/mol. The van der Waals surface area contributed by atoms with Crippen LogP contribution >= 0.6 is 15.9 Å². The first-order valence-corrected chi connectivity index (χ1v) is 6.63. The Morgan fingerprint density at radius 3 is 2.21 bits per heavy atom. The molecule has 0 saturated heterocycles. The van der Waals surface area contributed by atoms with Crippen molar-refractivity contribution in [2.75, 3.05) is 24.3 Å². The molecule has 0 aromatic heterocycles. The Morgan fingerprint density at radius 2 is 1.68 bits per heavy atom. The van der Waals surface area contributed by atoms with Gasteiger partial charge in [0.25, 0.3) is 0 Å². The van der Waals surface area contributed by atoms with Gasteiger partial charge in [0.05, 0.1) is 5.56 Å². The minimum absolute atomic E-state index is 0.633. The van der Waals surface area contributed by atoms with Crippen molar-refractivity contribution in [1.29, 1.82) is 5.26 Å². The summed E-state index contributed by atoms with van der Waals surface area (Å²) >= 11 is 3.38. The van der Waals surface area contributed by atoms with Gasteiger partial charge >= 0.3 is 0 Å². The Kier molecular flexibility index (Phi) is 4.08. The van der Waals surface area contributed by atoms with Crippen molar-refractivity contribution >= 4 is 33.0 Å². The van der Waals surface area contributed by atoms with Gasteiger partial charge in [0.15, 0.2) is 0 Å². The van der Waals surface area contributed by atoms with Crippen molar-refractivity contribution in [3.8, 4) is 6.07 Å². The van der Waals surface area contributed by atoms with E-state index in [1.54, 1.807) is 6.07 Å². The second-order valence-corrected chi connectivity index (χ2v) is 5.23. The molecule has 0 bridgehead atoms. The van der Waals surface area contributed by atoms with E-state index in [0.29, 0.717) is 5.56 Å². The molecule has 0 radical (unpaired) electrons. The highest BCUT2D eigenvalue weighted by molar-refractivity contribution is 9.10. The van der Waals surface area contributed by atoms with Crippen LogP contribution < -0.4 is 10.2 Å². The molecule has 0 unspecified atom stereocenters. The average Bonchev–Trinajstić information content (AvgIpc) is 2.39. The molecule has 0 heterocycles. The van der Waals surface area contributed by atoms with E-state index in [1.165, 1.54) is 0 Å². The minimum atomic E-state index is 0.633. The molecule has 2 aromatic rings. The van der Waals surface area contributed by atoms with E-state index in [4.69, 9.17) is 5.26 Å². The van der Waals surface area contributed by atoms with Crippen LogP contribution in [0.4, 0.5) is 17.1 Å². The molecular weight excluding hydrogens is 302 g/mol. The number of hydrogen-bond donors (Lipinski definition) is 1. The zero-order valence-corrected chi connectivity index (χ0v) is 12.4. The number of nitrogens with zero attached hydrogens (tertiary/aromatic N) is 2. The predicted molar refractivity (Wildman–Crippen MR) is 82.9 cm³/mol. The molecule has 4 heteroatoms. The molecule has 0 spiro atoms. The number of rotatable bonds is 3. The van der Waals surface area contributed by atoms with Gasteiger partial charge in [0, 0.05) is 35.6 Å². The van der Waals surface area contributed by atoms with E-state index in [1.807, 2.05) is 38.4 Å². The summed E-state index contributed by atoms with van der Waals surface area (Å²) < 4.78 is 0.796. The number of nitriles is 1. The van der Waals surface area contributed by atoms with Gasteiger partial charge in [-0.25, -0.2) is 0 Å². The van der Waals surface area contributed by atoms with Crippen LogP contribution in [0.3, 0.4) is 0 Å². The van der Waals surface area contributed by atoms with E-state index in [9.17, 15) is 0 Å². The van der Waals surface area contributed by atoms with Crippen LogP contribution in [0, 0.1) is 11.3 Å². The third kappa shape index (κ3) is 3.27. The number of anilines is 3. The minimum Gasteiger partial charge on any atom is -0.378 e. The monoisotopic (exact) mass is 315 g/mol. The van der Waals surface area contributed by atoms with Gasteiger partial charge < -0.3 is 10.2 Å². The normalized spacial score (nSPS) is 9.79. The summed E-state index contributed by atoms with van der Waals surface area (Å²) in [5.74, 6) is 0. The standard InChI is InChI=1S/C15H14BrN3/c1-19(2)14-7-5-12(6-8-14)18-13-4-3-11(10-17)15(16)9-13/h3-9,18H,1-2H3. The van der Waals surface area contributed by atoms with Crippen molar-refractivity contribution in [3.63, 3.8) is 0 Å². The maximum absolute atomic E-state index is 8.88. The molecule has 1 N–H and O–H groups in total. The summed E-state index contributed by atoms with van der Waals surface area (Å²) in [6, 6.07) is 15.9. The third-order valence-corrected chi connectivity index (χ3v) is 3.42. The van der Waals surface area contributed by atoms with Crippen LogP contribution in [0.2, 0.25) is 0 Å². The quantitative estimate of drug-likeness (QED) is 0.925. The molecule has 19 heavy (non-hydrogen) atoms. The zero-order chi connectivity index (χ0) is 13.8. The lowest BCUT2D eigenvalue weighted by atomic mass is 10.2. The lowest BCUT2D eigenvalue weighted by molar-refractivity contribution is 1.13. The van der Waals surface area contributed by atoms with Crippen molar-refractivity contribution < 1.29 is 0 Å². The van der Waals surface area contributed by atoms with Crippen LogP contribution in [-0.4, -0.2) is 14.1 Å². The first-order valence-electron chi connectivity index (χ1n) is 5.84. The summed E-state index contributed by atoms with van der Waals surface area (Å²) in [6.07, 6.45) is 0. The van der Waals surface area contributed by atoms with Crippen molar-refractivity contribution in [1.82, 2.24) is 0 Å². The highest BCUT2D eigenvalue weighted by Crippen LogP contribution is 2.24. The molecule has 0 aliphatic carbocycles. The molecule has 2 aromatic carbocycles. The van der Waals surface area contributed by atoms with Gasteiger partial charge in [0.1, 0.15) is 6.07 Å². The first-order chi connectivity index (χ1) is 9.10. The van der Waals surface area contributed by atoms with Crippen molar-refractivity contribution in [2.45, 2.75) is 0 Å². The highest BCUT2D eigenvalue weighted by atomic mass is 79.9. The fourth-order valence-corrected chi connectivity index (χ4v) is 2.16. The molecule has 0 saturated carbocycles. The van der Waals surface area contributed by atoms with E-state index in [2.05, 4.69) is 44.3 Å². The Bertz CT molecular complexity index is 612. The molecule has 0 fully saturated rings. The molecule has 0 aliphatic heterocycles. The summed E-state index contributed by atoms with van der Waals surface area (Å²) in [5, 5.41) is 12.2. The Labute approximate surface area is 121 Å². The SMILES string of the molecule is CN(C)c1ccc(Nc2ccc(C#N)c(Br)c2)cc1. The number of nitrogens with one attached hydrogen (secondary N) is 1. The van der Waals surface area contributed by atoms with Gasteiger partial charge in [-0.2, -0.15) is 5.26 Å². The number of halogens is 1. The second-order valence-electron chi connectivity index (χ2n) is 4.37. The predicted octanol–water partition coefficient (Wildman–Crippen LogP) is 4.13. The molecule has 0 amide bonds. The fraction of sp³-hybridized carbons (Fsp3) is 0.133. The van der Waals surface area contributed by atoms with Gasteiger partial charge in [-0.05, 0) is 58.4 Å². The van der Waals surface area contributed by atoms with E-state index in [-0.39, 0.29) is 0 Å². The smallest absolute Gasteiger partial charge is 0.100 e. The largest absolute Gasteiger partial charge is 0.378 e. The fourth-order valence-electron chi connectivity index (χ4n) is 1.69. The van der Waals surface area contributed by atoms with Gasteiger partial charge in [-0.1, -0.05) is 0 Å². The molecular formula is C15H14BrN3. The van der Waals surface area contributed by atoms with Gasteiger partial charge in [0.2, 0.25) is 0 Å². The van der Waals surface area contributed by atoms with Crippen molar-refractivity contribution in [2.24, 2.45) is 0 Å². The van der Waals surface area contributed by atoms with E-state index < -0.39 is 0 Å². The Morgan fingerprint density at radius 1 is 1.05 bits per heavy atom. The number of hydrogen-bond acceptors (Lipinski definition) is 3. The maximum atomic E-state index is 8.88.